The van der Waals surface area contributed by atoms with Crippen LogP contribution in [0.4, 0.5) is 0 Å². The van der Waals surface area contributed by atoms with Gasteiger partial charge in [-0.25, -0.2) is 0 Å². The Hall–Kier alpha value is -0.196. The van der Waals surface area contributed by atoms with Crippen LogP contribution in [0.5, 0.6) is 5.75 Å². The number of hydrogen-bond acceptors (Lipinski definition) is 3. The molecule has 0 spiro atoms. The maximum atomic E-state index is 12.1. The van der Waals surface area contributed by atoms with Crippen LogP contribution in [0.15, 0.2) is 33.5 Å². The summed E-state index contributed by atoms with van der Waals surface area (Å²) >= 11 is 9.52. The van der Waals surface area contributed by atoms with Crippen LogP contribution < -0.4 is 10.3 Å². The van der Waals surface area contributed by atoms with Crippen molar-refractivity contribution in [3.8, 4) is 17.0 Å². The van der Waals surface area contributed by atoms with Crippen molar-refractivity contribution < 1.29 is 42.2 Å². The van der Waals surface area contributed by atoms with E-state index < -0.39 is 0 Å². The summed E-state index contributed by atoms with van der Waals surface area (Å²) in [5.41, 5.74) is 1.27. The molecule has 0 saturated heterocycles. The molecule has 0 fully saturated rings. The third-order valence-electron chi connectivity index (χ3n) is 2.91. The van der Waals surface area contributed by atoms with Crippen LogP contribution in [0.25, 0.3) is 11.3 Å². The van der Waals surface area contributed by atoms with Gasteiger partial charge in [0.2, 0.25) is 5.56 Å². The van der Waals surface area contributed by atoms with Gasteiger partial charge in [0, 0.05) is 46.4 Å². The SMILES string of the molecule is CCn1c(-c2ccc(OCOC)cc2Cl)[c-]cc(Br)c1=O.[Y]. The topological polar surface area (TPSA) is 40.5 Å². The summed E-state index contributed by atoms with van der Waals surface area (Å²) in [6.45, 7) is 2.58. The van der Waals surface area contributed by atoms with Gasteiger partial charge in [-0.2, -0.15) is 12.1 Å². The Bertz CT molecular complexity index is 706. The van der Waals surface area contributed by atoms with E-state index in [2.05, 4.69) is 22.0 Å². The molecule has 0 aliphatic heterocycles. The largest absolute Gasteiger partial charge is 0.468 e. The second-order valence-corrected chi connectivity index (χ2v) is 5.49. The Kier molecular flexibility index (Phi) is 8.29. The first-order chi connectivity index (χ1) is 10.1. The molecular weight excluding hydrogens is 446 g/mol. The first-order valence-electron chi connectivity index (χ1n) is 6.31. The van der Waals surface area contributed by atoms with Crippen molar-refractivity contribution in [2.45, 2.75) is 13.5 Å². The molecule has 1 radical (unpaired) electrons. The smallest absolute Gasteiger partial charge is 0.208 e. The van der Waals surface area contributed by atoms with Gasteiger partial charge in [0.05, 0.1) is 0 Å². The number of pyridine rings is 1. The molecule has 0 N–H and O–H groups in total. The molecule has 1 aromatic heterocycles. The van der Waals surface area contributed by atoms with Crippen molar-refractivity contribution in [1.82, 2.24) is 4.57 Å². The van der Waals surface area contributed by atoms with Crippen molar-refractivity contribution in [2.75, 3.05) is 13.9 Å². The number of halogens is 2. The van der Waals surface area contributed by atoms with E-state index in [9.17, 15) is 4.79 Å². The van der Waals surface area contributed by atoms with E-state index in [1.807, 2.05) is 6.92 Å². The van der Waals surface area contributed by atoms with Crippen LogP contribution >= 0.6 is 27.5 Å². The summed E-state index contributed by atoms with van der Waals surface area (Å²) in [4.78, 5) is 12.1. The van der Waals surface area contributed by atoms with Gasteiger partial charge in [-0.3, -0.25) is 4.79 Å². The van der Waals surface area contributed by atoms with Gasteiger partial charge < -0.3 is 14.0 Å². The third kappa shape index (κ3) is 4.42. The average Bonchev–Trinajstić information content (AvgIpc) is 2.48. The number of hydrogen-bond donors (Lipinski definition) is 0. The van der Waals surface area contributed by atoms with Crippen molar-refractivity contribution in [3.05, 3.63) is 50.2 Å². The summed E-state index contributed by atoms with van der Waals surface area (Å²) < 4.78 is 12.3. The molecule has 1 aromatic carbocycles. The van der Waals surface area contributed by atoms with Crippen molar-refractivity contribution in [1.29, 1.82) is 0 Å². The fraction of sp³-hybridized carbons (Fsp3) is 0.267. The van der Waals surface area contributed by atoms with E-state index in [1.54, 1.807) is 35.9 Å². The number of ether oxygens (including phenoxy) is 2. The van der Waals surface area contributed by atoms with E-state index in [1.165, 1.54) is 0 Å². The minimum atomic E-state index is -0.109. The Morgan fingerprint density at radius 2 is 2.14 bits per heavy atom. The van der Waals surface area contributed by atoms with Crippen LogP contribution in [0.1, 0.15) is 6.92 Å². The molecule has 115 valence electrons. The predicted molar refractivity (Wildman–Crippen MR) is 85.9 cm³/mol. The van der Waals surface area contributed by atoms with Gasteiger partial charge in [-0.05, 0) is 28.6 Å². The Balaban J connectivity index is 0.00000242. The van der Waals surface area contributed by atoms with Crippen LogP contribution in [0, 0.1) is 6.07 Å². The van der Waals surface area contributed by atoms with Gasteiger partial charge in [0.25, 0.3) is 0 Å². The summed E-state index contributed by atoms with van der Waals surface area (Å²) in [6, 6.07) is 9.96. The van der Waals surface area contributed by atoms with E-state index in [-0.39, 0.29) is 45.1 Å². The summed E-state index contributed by atoms with van der Waals surface area (Å²) in [7, 11) is 1.55. The molecular formula is C15H14BrClNO3Y-. The molecule has 0 bridgehead atoms. The first-order valence-corrected chi connectivity index (χ1v) is 7.48. The zero-order valence-corrected chi connectivity index (χ0v) is 17.4. The average molecular weight is 461 g/mol. The molecule has 0 saturated carbocycles. The number of benzene rings is 1. The van der Waals surface area contributed by atoms with Crippen LogP contribution in [-0.2, 0) is 44.0 Å². The fourth-order valence-electron chi connectivity index (χ4n) is 1.93. The molecule has 2 aromatic rings. The fourth-order valence-corrected chi connectivity index (χ4v) is 2.52. The monoisotopic (exact) mass is 459 g/mol. The molecule has 0 unspecified atom stereocenters. The van der Waals surface area contributed by atoms with Gasteiger partial charge >= 0.3 is 0 Å². The standard InChI is InChI=1S/C15H14BrClNO3.Y/c1-3-18-14(7-6-12(16)15(18)19)11-5-4-10(8-13(11)17)21-9-20-2;/h4-6,8H,3,9H2,1-2H3;/q-1;. The van der Waals surface area contributed by atoms with Gasteiger partial charge in [-0.15, -0.1) is 22.0 Å². The van der Waals surface area contributed by atoms with Gasteiger partial charge in [0.1, 0.15) is 5.75 Å². The van der Waals surface area contributed by atoms with Gasteiger partial charge in [0.15, 0.2) is 6.79 Å². The van der Waals surface area contributed by atoms with E-state index in [4.69, 9.17) is 21.1 Å². The maximum absolute atomic E-state index is 12.1. The quantitative estimate of drug-likeness (QED) is 0.504. The number of aromatic nitrogens is 1. The second kappa shape index (κ2) is 9.19. The normalized spacial score (nSPS) is 10.2. The molecule has 1 heterocycles. The first kappa shape index (κ1) is 19.8. The molecule has 2 rings (SSSR count). The summed E-state index contributed by atoms with van der Waals surface area (Å²) in [5.74, 6) is 0.605. The molecule has 4 nitrogen and oxygen atoms in total. The van der Waals surface area contributed by atoms with E-state index in [0.717, 1.165) is 5.56 Å². The minimum absolute atomic E-state index is 0. The number of nitrogens with zero attached hydrogens (tertiary/aromatic N) is 1. The Labute approximate surface area is 167 Å². The van der Waals surface area contributed by atoms with E-state index in [0.29, 0.717) is 27.5 Å². The second-order valence-electron chi connectivity index (χ2n) is 4.23. The zero-order valence-electron chi connectivity index (χ0n) is 12.2. The molecule has 22 heavy (non-hydrogen) atoms. The maximum Gasteiger partial charge on any atom is 0.208 e. The Morgan fingerprint density at radius 1 is 1.41 bits per heavy atom. The number of methoxy groups -OCH3 is 1. The molecule has 7 heteroatoms. The summed E-state index contributed by atoms with van der Waals surface area (Å²) in [6.07, 6.45) is 0. The molecule has 0 amide bonds. The van der Waals surface area contributed by atoms with Crippen LogP contribution in [0.3, 0.4) is 0 Å². The Morgan fingerprint density at radius 3 is 2.73 bits per heavy atom. The predicted octanol–water partition coefficient (Wildman–Crippen LogP) is 3.73. The molecule has 0 aliphatic rings. The van der Waals surface area contributed by atoms with Crippen molar-refractivity contribution >= 4 is 27.5 Å². The molecule has 0 atom stereocenters. The zero-order chi connectivity index (χ0) is 15.4. The minimum Gasteiger partial charge on any atom is -0.468 e. The third-order valence-corrected chi connectivity index (χ3v) is 3.79. The molecule has 0 aliphatic carbocycles. The van der Waals surface area contributed by atoms with Crippen molar-refractivity contribution in [2.24, 2.45) is 0 Å². The van der Waals surface area contributed by atoms with Gasteiger partial charge in [-0.1, -0.05) is 22.9 Å². The number of rotatable bonds is 5. The van der Waals surface area contributed by atoms with E-state index >= 15 is 0 Å². The van der Waals surface area contributed by atoms with Crippen LogP contribution in [0.2, 0.25) is 5.02 Å². The van der Waals surface area contributed by atoms with Crippen molar-refractivity contribution in [3.63, 3.8) is 0 Å². The van der Waals surface area contributed by atoms with Crippen LogP contribution in [-0.4, -0.2) is 18.5 Å². The summed E-state index contributed by atoms with van der Waals surface area (Å²) in [5, 5.41) is 0.490.